The van der Waals surface area contributed by atoms with Crippen LogP contribution in [0.5, 0.6) is 0 Å². The molecular formula is C17H22ClNOS. The molecule has 2 rings (SSSR count). The third-order valence-electron chi connectivity index (χ3n) is 3.94. The summed E-state index contributed by atoms with van der Waals surface area (Å²) in [5.74, 6) is 0. The number of benzene rings is 1. The summed E-state index contributed by atoms with van der Waals surface area (Å²) in [5.41, 5.74) is 1.09. The van der Waals surface area contributed by atoms with Crippen molar-refractivity contribution >= 4 is 22.9 Å². The lowest BCUT2D eigenvalue weighted by molar-refractivity contribution is 0.00408. The van der Waals surface area contributed by atoms with Crippen LogP contribution in [0.3, 0.4) is 0 Å². The molecule has 0 amide bonds. The Morgan fingerprint density at radius 2 is 1.90 bits per heavy atom. The minimum atomic E-state index is -0.0550. The molecule has 0 saturated heterocycles. The Balaban J connectivity index is 2.04. The van der Waals surface area contributed by atoms with E-state index in [0.29, 0.717) is 13.2 Å². The molecule has 0 spiro atoms. The average Bonchev–Trinajstić information content (AvgIpc) is 3.00. The Kier molecular flexibility index (Phi) is 5.82. The van der Waals surface area contributed by atoms with Crippen LogP contribution in [0.4, 0.5) is 0 Å². The standard InChI is InChI=1S/C17H22ClNOS/c1-4-17(19(2)3,16-6-5-11-21-16)13-20-12-14-7-9-15(18)10-8-14/h5-11H,4,12-13H2,1-3H3. The molecule has 0 saturated carbocycles. The number of likely N-dealkylation sites (N-methyl/N-ethyl adjacent to an activating group) is 1. The van der Waals surface area contributed by atoms with Gasteiger partial charge < -0.3 is 4.74 Å². The van der Waals surface area contributed by atoms with Gasteiger partial charge in [0.1, 0.15) is 0 Å². The summed E-state index contributed by atoms with van der Waals surface area (Å²) in [5, 5.41) is 2.89. The maximum atomic E-state index is 6.02. The van der Waals surface area contributed by atoms with Crippen molar-refractivity contribution in [3.8, 4) is 0 Å². The molecule has 1 unspecified atom stereocenters. The summed E-state index contributed by atoms with van der Waals surface area (Å²) in [6, 6.07) is 12.1. The van der Waals surface area contributed by atoms with Crippen molar-refractivity contribution in [3.63, 3.8) is 0 Å². The van der Waals surface area contributed by atoms with E-state index >= 15 is 0 Å². The normalized spacial score (nSPS) is 14.3. The highest BCUT2D eigenvalue weighted by atomic mass is 35.5. The fourth-order valence-corrected chi connectivity index (χ4v) is 3.67. The molecule has 1 aromatic heterocycles. The average molecular weight is 324 g/mol. The largest absolute Gasteiger partial charge is 0.374 e. The zero-order chi connectivity index (χ0) is 15.3. The van der Waals surface area contributed by atoms with Gasteiger partial charge in [0.05, 0.1) is 18.8 Å². The predicted octanol–water partition coefficient (Wildman–Crippen LogP) is 4.79. The predicted molar refractivity (Wildman–Crippen MR) is 91.1 cm³/mol. The highest BCUT2D eigenvalue weighted by Crippen LogP contribution is 2.34. The molecule has 1 aromatic carbocycles. The summed E-state index contributed by atoms with van der Waals surface area (Å²) in [6.07, 6.45) is 1.02. The van der Waals surface area contributed by atoms with Crippen molar-refractivity contribution in [2.75, 3.05) is 20.7 Å². The Morgan fingerprint density at radius 3 is 2.43 bits per heavy atom. The smallest absolute Gasteiger partial charge is 0.0782 e. The van der Waals surface area contributed by atoms with E-state index < -0.39 is 0 Å². The van der Waals surface area contributed by atoms with E-state index in [9.17, 15) is 0 Å². The summed E-state index contributed by atoms with van der Waals surface area (Å²) in [6.45, 7) is 3.50. The van der Waals surface area contributed by atoms with Gasteiger partial charge in [0.15, 0.2) is 0 Å². The number of halogens is 1. The van der Waals surface area contributed by atoms with Gasteiger partial charge >= 0.3 is 0 Å². The Labute approximate surface area is 136 Å². The van der Waals surface area contributed by atoms with E-state index in [1.807, 2.05) is 24.3 Å². The molecule has 0 radical (unpaired) electrons. The molecule has 0 fully saturated rings. The van der Waals surface area contributed by atoms with E-state index in [1.54, 1.807) is 11.3 Å². The molecule has 114 valence electrons. The lowest BCUT2D eigenvalue weighted by atomic mass is 9.93. The number of rotatable bonds is 7. The third-order valence-corrected chi connectivity index (χ3v) is 5.26. The third kappa shape index (κ3) is 3.86. The van der Waals surface area contributed by atoms with Crippen molar-refractivity contribution in [1.82, 2.24) is 4.90 Å². The second kappa shape index (κ2) is 7.41. The molecule has 0 N–H and O–H groups in total. The SMILES string of the molecule is CCC(COCc1ccc(Cl)cc1)(c1cccs1)N(C)C. The van der Waals surface area contributed by atoms with Gasteiger partial charge in [-0.05, 0) is 49.7 Å². The first-order valence-corrected chi connectivity index (χ1v) is 8.38. The first kappa shape index (κ1) is 16.5. The number of hydrogen-bond acceptors (Lipinski definition) is 3. The van der Waals surface area contributed by atoms with Gasteiger partial charge in [-0.25, -0.2) is 0 Å². The van der Waals surface area contributed by atoms with Gasteiger partial charge in [-0.15, -0.1) is 11.3 Å². The van der Waals surface area contributed by atoms with Crippen LogP contribution in [-0.2, 0) is 16.9 Å². The molecule has 0 aliphatic carbocycles. The van der Waals surface area contributed by atoms with Gasteiger partial charge in [0.25, 0.3) is 0 Å². The number of ether oxygens (including phenoxy) is 1. The Hall–Kier alpha value is -0.870. The van der Waals surface area contributed by atoms with E-state index in [2.05, 4.69) is 43.4 Å². The maximum absolute atomic E-state index is 6.02. The first-order valence-electron chi connectivity index (χ1n) is 7.12. The summed E-state index contributed by atoms with van der Waals surface area (Å²) in [7, 11) is 4.24. The van der Waals surface area contributed by atoms with Gasteiger partial charge in [0.2, 0.25) is 0 Å². The van der Waals surface area contributed by atoms with Crippen molar-refractivity contribution in [3.05, 3.63) is 57.2 Å². The second-order valence-corrected chi connectivity index (χ2v) is 6.76. The van der Waals surface area contributed by atoms with Crippen LogP contribution < -0.4 is 0 Å². The van der Waals surface area contributed by atoms with Gasteiger partial charge in [-0.1, -0.05) is 36.7 Å². The lowest BCUT2D eigenvalue weighted by Crippen LogP contribution is -2.44. The molecule has 4 heteroatoms. The summed E-state index contributed by atoms with van der Waals surface area (Å²) >= 11 is 7.70. The van der Waals surface area contributed by atoms with E-state index in [-0.39, 0.29) is 5.54 Å². The fraction of sp³-hybridized carbons (Fsp3) is 0.412. The molecule has 1 heterocycles. The van der Waals surface area contributed by atoms with Gasteiger partial charge in [-0.2, -0.15) is 0 Å². The van der Waals surface area contributed by atoms with Crippen LogP contribution in [0.1, 0.15) is 23.8 Å². The van der Waals surface area contributed by atoms with Crippen molar-refractivity contribution in [1.29, 1.82) is 0 Å². The molecule has 1 atom stereocenters. The highest BCUT2D eigenvalue weighted by molar-refractivity contribution is 7.10. The van der Waals surface area contributed by atoms with Crippen LogP contribution in [0.25, 0.3) is 0 Å². The summed E-state index contributed by atoms with van der Waals surface area (Å²) < 4.78 is 6.02. The molecule has 0 aliphatic heterocycles. The zero-order valence-corrected chi connectivity index (χ0v) is 14.4. The van der Waals surface area contributed by atoms with Crippen molar-refractivity contribution in [2.24, 2.45) is 0 Å². The number of nitrogens with zero attached hydrogens (tertiary/aromatic N) is 1. The molecule has 0 bridgehead atoms. The second-order valence-electron chi connectivity index (χ2n) is 5.38. The van der Waals surface area contributed by atoms with Crippen LogP contribution in [-0.4, -0.2) is 25.6 Å². The van der Waals surface area contributed by atoms with Crippen LogP contribution in [0.15, 0.2) is 41.8 Å². The van der Waals surface area contributed by atoms with Crippen LogP contribution in [0, 0.1) is 0 Å². The molecule has 2 nitrogen and oxygen atoms in total. The molecule has 2 aromatic rings. The van der Waals surface area contributed by atoms with E-state index in [1.165, 1.54) is 4.88 Å². The van der Waals surface area contributed by atoms with Crippen LogP contribution in [0.2, 0.25) is 5.02 Å². The topological polar surface area (TPSA) is 12.5 Å². The van der Waals surface area contributed by atoms with Gasteiger partial charge in [0, 0.05) is 9.90 Å². The van der Waals surface area contributed by atoms with E-state index in [4.69, 9.17) is 16.3 Å². The summed E-state index contributed by atoms with van der Waals surface area (Å²) in [4.78, 5) is 3.62. The van der Waals surface area contributed by atoms with Gasteiger partial charge in [-0.3, -0.25) is 4.90 Å². The molecule has 21 heavy (non-hydrogen) atoms. The van der Waals surface area contributed by atoms with Crippen molar-refractivity contribution < 1.29 is 4.74 Å². The Bertz CT molecular complexity index is 538. The fourth-order valence-electron chi connectivity index (χ4n) is 2.47. The lowest BCUT2D eigenvalue weighted by Gasteiger charge is -2.38. The minimum absolute atomic E-state index is 0.0550. The number of hydrogen-bond donors (Lipinski definition) is 0. The number of thiophene rings is 1. The highest BCUT2D eigenvalue weighted by Gasteiger charge is 2.34. The van der Waals surface area contributed by atoms with E-state index in [0.717, 1.165) is 17.0 Å². The maximum Gasteiger partial charge on any atom is 0.0782 e. The first-order chi connectivity index (χ1) is 10.1. The monoisotopic (exact) mass is 323 g/mol. The quantitative estimate of drug-likeness (QED) is 0.726. The van der Waals surface area contributed by atoms with Crippen molar-refractivity contribution in [2.45, 2.75) is 25.5 Å². The minimum Gasteiger partial charge on any atom is -0.374 e. The Morgan fingerprint density at radius 1 is 1.19 bits per heavy atom. The zero-order valence-electron chi connectivity index (χ0n) is 12.8. The molecule has 0 aliphatic rings. The van der Waals surface area contributed by atoms with Crippen LogP contribution >= 0.6 is 22.9 Å². The molecular weight excluding hydrogens is 302 g/mol.